The Kier molecular flexibility index (Phi) is 6.60. The topological polar surface area (TPSA) is 91.8 Å². The molecule has 2 amide bonds. The van der Waals surface area contributed by atoms with Crippen LogP contribution in [0.2, 0.25) is 0 Å². The predicted octanol–water partition coefficient (Wildman–Crippen LogP) is 1.27. The van der Waals surface area contributed by atoms with Crippen molar-refractivity contribution in [2.24, 2.45) is 5.92 Å². The Balaban J connectivity index is 1.57. The Morgan fingerprint density at radius 3 is 2.71 bits per heavy atom. The minimum atomic E-state index is -0.213. The van der Waals surface area contributed by atoms with E-state index in [-0.39, 0.29) is 30.4 Å². The number of ether oxygens (including phenoxy) is 1. The molecule has 2 heterocycles. The van der Waals surface area contributed by atoms with Gasteiger partial charge in [0.15, 0.2) is 0 Å². The molecule has 148 valence electrons. The van der Waals surface area contributed by atoms with Gasteiger partial charge < -0.3 is 20.1 Å². The van der Waals surface area contributed by atoms with Crippen molar-refractivity contribution in [3.8, 4) is 5.75 Å². The van der Waals surface area contributed by atoms with E-state index in [1.807, 2.05) is 24.3 Å². The third-order valence-electron chi connectivity index (χ3n) is 5.08. The maximum absolute atomic E-state index is 12.7. The molecule has 7 nitrogen and oxygen atoms in total. The Bertz CT molecular complexity index is 795. The number of benzene rings is 1. The smallest absolute Gasteiger partial charge is 0.253 e. The van der Waals surface area contributed by atoms with Gasteiger partial charge in [-0.2, -0.15) is 0 Å². The minimum Gasteiger partial charge on any atom is -0.497 e. The molecule has 1 aliphatic heterocycles. The highest BCUT2D eigenvalue weighted by Gasteiger charge is 2.32. The van der Waals surface area contributed by atoms with Crippen LogP contribution in [-0.2, 0) is 11.2 Å². The first kappa shape index (κ1) is 19.8. The zero-order valence-corrected chi connectivity index (χ0v) is 15.9. The van der Waals surface area contributed by atoms with Gasteiger partial charge in [-0.05, 0) is 36.2 Å². The van der Waals surface area contributed by atoms with Gasteiger partial charge in [0.05, 0.1) is 19.1 Å². The lowest BCUT2D eigenvalue weighted by molar-refractivity contribution is -0.132. The average molecular weight is 383 g/mol. The lowest BCUT2D eigenvalue weighted by Gasteiger charge is -2.38. The van der Waals surface area contributed by atoms with Crippen molar-refractivity contribution in [1.29, 1.82) is 0 Å². The van der Waals surface area contributed by atoms with Crippen molar-refractivity contribution in [2.45, 2.75) is 18.9 Å². The lowest BCUT2D eigenvalue weighted by Crippen LogP contribution is -2.53. The molecule has 3 rings (SSSR count). The normalized spacial score (nSPS) is 19.1. The van der Waals surface area contributed by atoms with Crippen LogP contribution in [0.5, 0.6) is 5.75 Å². The first-order chi connectivity index (χ1) is 13.6. The quantitative estimate of drug-likeness (QED) is 0.784. The van der Waals surface area contributed by atoms with Crippen molar-refractivity contribution in [2.75, 3.05) is 26.8 Å². The van der Waals surface area contributed by atoms with Gasteiger partial charge in [-0.1, -0.05) is 12.1 Å². The first-order valence-corrected chi connectivity index (χ1v) is 9.33. The van der Waals surface area contributed by atoms with Crippen LogP contribution in [0, 0.1) is 5.92 Å². The van der Waals surface area contributed by atoms with Gasteiger partial charge >= 0.3 is 0 Å². The summed E-state index contributed by atoms with van der Waals surface area (Å²) in [7, 11) is 1.60. The Morgan fingerprint density at radius 1 is 1.29 bits per heavy atom. The van der Waals surface area contributed by atoms with E-state index >= 15 is 0 Å². The molecule has 7 heteroatoms. The Morgan fingerprint density at radius 2 is 2.07 bits per heavy atom. The van der Waals surface area contributed by atoms with Crippen LogP contribution in [0.1, 0.15) is 22.3 Å². The molecule has 0 saturated carbocycles. The Hall–Kier alpha value is -2.93. The number of aromatic nitrogens is 1. The number of carbonyl (C=O) groups is 2. The van der Waals surface area contributed by atoms with E-state index in [2.05, 4.69) is 10.3 Å². The molecule has 0 radical (unpaired) electrons. The molecule has 0 spiro atoms. The largest absolute Gasteiger partial charge is 0.497 e. The summed E-state index contributed by atoms with van der Waals surface area (Å²) < 4.78 is 5.13. The van der Waals surface area contributed by atoms with E-state index in [0.717, 1.165) is 11.3 Å². The van der Waals surface area contributed by atoms with Gasteiger partial charge in [-0.3, -0.25) is 14.6 Å². The van der Waals surface area contributed by atoms with E-state index in [4.69, 9.17) is 4.74 Å². The van der Waals surface area contributed by atoms with E-state index in [0.29, 0.717) is 31.5 Å². The fraction of sp³-hybridized carbons (Fsp3) is 0.381. The lowest BCUT2D eigenvalue weighted by atomic mass is 9.92. The van der Waals surface area contributed by atoms with Crippen LogP contribution in [0.25, 0.3) is 0 Å². The second-order valence-electron chi connectivity index (χ2n) is 6.92. The molecular weight excluding hydrogens is 358 g/mol. The molecule has 2 atom stereocenters. The maximum atomic E-state index is 12.7. The molecule has 1 aromatic carbocycles. The number of amides is 2. The number of nitrogens with zero attached hydrogens (tertiary/aromatic N) is 2. The van der Waals surface area contributed by atoms with Gasteiger partial charge in [0.1, 0.15) is 5.75 Å². The molecule has 2 aromatic rings. The molecule has 2 N–H and O–H groups in total. The van der Waals surface area contributed by atoms with Crippen molar-refractivity contribution < 1.29 is 19.4 Å². The molecule has 0 aliphatic carbocycles. The molecule has 0 bridgehead atoms. The highest BCUT2D eigenvalue weighted by atomic mass is 16.5. The van der Waals surface area contributed by atoms with Gasteiger partial charge in [-0.15, -0.1) is 0 Å². The third kappa shape index (κ3) is 4.86. The van der Waals surface area contributed by atoms with Gasteiger partial charge in [0, 0.05) is 44.0 Å². The number of aliphatic hydroxyl groups excluding tert-OH is 1. The minimum absolute atomic E-state index is 0.0145. The summed E-state index contributed by atoms with van der Waals surface area (Å²) in [5.41, 5.74) is 1.40. The summed E-state index contributed by atoms with van der Waals surface area (Å²) >= 11 is 0. The molecule has 1 saturated heterocycles. The molecular formula is C21H25N3O4. The van der Waals surface area contributed by atoms with E-state index in [9.17, 15) is 14.7 Å². The molecule has 1 aliphatic rings. The fourth-order valence-electron chi connectivity index (χ4n) is 3.41. The number of aliphatic hydroxyl groups is 1. The number of hydrogen-bond donors (Lipinski definition) is 2. The monoisotopic (exact) mass is 383 g/mol. The van der Waals surface area contributed by atoms with Crippen molar-refractivity contribution >= 4 is 11.8 Å². The van der Waals surface area contributed by atoms with Crippen LogP contribution in [0.15, 0.2) is 48.8 Å². The van der Waals surface area contributed by atoms with Crippen molar-refractivity contribution in [3.05, 3.63) is 59.9 Å². The number of nitrogens with one attached hydrogen (secondary N) is 1. The summed E-state index contributed by atoms with van der Waals surface area (Å²) in [6, 6.07) is 10.6. The number of pyridine rings is 1. The zero-order valence-electron chi connectivity index (χ0n) is 15.9. The average Bonchev–Trinajstić information content (AvgIpc) is 2.75. The standard InChI is InChI=1S/C21H25N3O4/c1-28-18-6-4-15(5-7-18)11-20(26)24-10-8-19(17(13-24)14-25)23-21(27)16-3-2-9-22-12-16/h2-7,9,12,17,19,25H,8,10-11,13-14H2,1H3,(H,23,27). The highest BCUT2D eigenvalue weighted by molar-refractivity contribution is 5.94. The summed E-state index contributed by atoms with van der Waals surface area (Å²) in [6.45, 7) is 0.872. The van der Waals surface area contributed by atoms with Gasteiger partial charge in [0.2, 0.25) is 5.91 Å². The SMILES string of the molecule is COc1ccc(CC(=O)N2CCC(NC(=O)c3cccnc3)C(CO)C2)cc1. The van der Waals surface area contributed by atoms with Crippen LogP contribution < -0.4 is 10.1 Å². The summed E-state index contributed by atoms with van der Waals surface area (Å²) in [5.74, 6) is 0.353. The summed E-state index contributed by atoms with van der Waals surface area (Å²) in [4.78, 5) is 30.7. The molecule has 1 fully saturated rings. The van der Waals surface area contributed by atoms with E-state index in [1.54, 1.807) is 30.3 Å². The van der Waals surface area contributed by atoms with Crippen LogP contribution in [0.3, 0.4) is 0 Å². The summed E-state index contributed by atoms with van der Waals surface area (Å²) in [5, 5.41) is 12.7. The van der Waals surface area contributed by atoms with E-state index < -0.39 is 0 Å². The maximum Gasteiger partial charge on any atom is 0.253 e. The van der Waals surface area contributed by atoms with E-state index in [1.165, 1.54) is 6.20 Å². The number of methoxy groups -OCH3 is 1. The third-order valence-corrected chi connectivity index (χ3v) is 5.08. The first-order valence-electron chi connectivity index (χ1n) is 9.33. The second kappa shape index (κ2) is 9.32. The van der Waals surface area contributed by atoms with Gasteiger partial charge in [0.25, 0.3) is 5.91 Å². The fourth-order valence-corrected chi connectivity index (χ4v) is 3.41. The number of piperidine rings is 1. The van der Waals surface area contributed by atoms with Crippen LogP contribution >= 0.6 is 0 Å². The Labute approximate surface area is 164 Å². The number of hydrogen-bond acceptors (Lipinski definition) is 5. The van der Waals surface area contributed by atoms with Crippen molar-refractivity contribution in [1.82, 2.24) is 15.2 Å². The number of carbonyl (C=O) groups excluding carboxylic acids is 2. The zero-order chi connectivity index (χ0) is 19.9. The molecule has 1 aromatic heterocycles. The van der Waals surface area contributed by atoms with Gasteiger partial charge in [-0.25, -0.2) is 0 Å². The number of rotatable bonds is 6. The highest BCUT2D eigenvalue weighted by Crippen LogP contribution is 2.19. The molecule has 2 unspecified atom stereocenters. The number of likely N-dealkylation sites (tertiary alicyclic amines) is 1. The molecule has 28 heavy (non-hydrogen) atoms. The second-order valence-corrected chi connectivity index (χ2v) is 6.92. The van der Waals surface area contributed by atoms with Crippen molar-refractivity contribution in [3.63, 3.8) is 0 Å². The van der Waals surface area contributed by atoms with Crippen LogP contribution in [-0.4, -0.2) is 59.7 Å². The predicted molar refractivity (Wildman–Crippen MR) is 104 cm³/mol. The summed E-state index contributed by atoms with van der Waals surface area (Å²) in [6.07, 6.45) is 4.03. The van der Waals surface area contributed by atoms with Crippen LogP contribution in [0.4, 0.5) is 0 Å².